The molecule has 0 heterocycles. The van der Waals surface area contributed by atoms with Crippen molar-refractivity contribution in [2.75, 3.05) is 7.11 Å². The molecule has 2 heteroatoms. The van der Waals surface area contributed by atoms with Gasteiger partial charge in [0.05, 0.1) is 7.11 Å². The molecular formula is C29H50O2. The van der Waals surface area contributed by atoms with Crippen molar-refractivity contribution >= 4 is 5.97 Å². The molecule has 31 heavy (non-hydrogen) atoms. The summed E-state index contributed by atoms with van der Waals surface area (Å²) in [5, 5.41) is 0. The van der Waals surface area contributed by atoms with Crippen LogP contribution in [0, 0.1) is 59.2 Å². The molecule has 4 fully saturated rings. The summed E-state index contributed by atoms with van der Waals surface area (Å²) in [6.07, 6.45) is 19.5. The first-order chi connectivity index (χ1) is 15.0. The molecule has 4 aliphatic rings. The third-order valence-corrected chi connectivity index (χ3v) is 9.90. The molecule has 0 aromatic heterocycles. The third kappa shape index (κ3) is 7.50. The summed E-state index contributed by atoms with van der Waals surface area (Å²) >= 11 is 0. The summed E-state index contributed by atoms with van der Waals surface area (Å²) in [5.41, 5.74) is 0. The van der Waals surface area contributed by atoms with Gasteiger partial charge in [-0.15, -0.1) is 0 Å². The topological polar surface area (TPSA) is 26.3 Å². The summed E-state index contributed by atoms with van der Waals surface area (Å²) in [6, 6.07) is 0. The minimum Gasteiger partial charge on any atom is -0.469 e. The van der Waals surface area contributed by atoms with Crippen molar-refractivity contribution in [1.29, 1.82) is 0 Å². The molecule has 10 atom stereocenters. The lowest BCUT2D eigenvalue weighted by atomic mass is 9.95. The van der Waals surface area contributed by atoms with E-state index in [1.165, 1.54) is 52.1 Å². The van der Waals surface area contributed by atoms with Crippen LogP contribution < -0.4 is 0 Å². The fourth-order valence-corrected chi connectivity index (χ4v) is 6.76. The maximum atomic E-state index is 11.3. The fourth-order valence-electron chi connectivity index (χ4n) is 6.76. The van der Waals surface area contributed by atoms with Gasteiger partial charge < -0.3 is 4.74 Å². The summed E-state index contributed by atoms with van der Waals surface area (Å²) in [5.74, 6) is 10.2. The minimum atomic E-state index is -0.0322. The third-order valence-electron chi connectivity index (χ3n) is 9.90. The van der Waals surface area contributed by atoms with Crippen LogP contribution in [0.2, 0.25) is 0 Å². The first-order valence-corrected chi connectivity index (χ1v) is 14.0. The predicted molar refractivity (Wildman–Crippen MR) is 129 cm³/mol. The van der Waals surface area contributed by atoms with Crippen LogP contribution in [0.25, 0.3) is 0 Å². The molecule has 4 saturated carbocycles. The van der Waals surface area contributed by atoms with E-state index in [4.69, 9.17) is 4.74 Å². The summed E-state index contributed by atoms with van der Waals surface area (Å²) in [7, 11) is 1.50. The van der Waals surface area contributed by atoms with E-state index in [0.29, 0.717) is 6.42 Å². The van der Waals surface area contributed by atoms with Gasteiger partial charge in [-0.2, -0.15) is 0 Å². The molecule has 0 aromatic rings. The molecule has 0 aromatic carbocycles. The largest absolute Gasteiger partial charge is 0.469 e. The van der Waals surface area contributed by atoms with E-state index in [-0.39, 0.29) is 5.97 Å². The van der Waals surface area contributed by atoms with Gasteiger partial charge in [0.1, 0.15) is 0 Å². The number of carbonyl (C=O) groups is 1. The molecule has 10 unspecified atom stereocenters. The lowest BCUT2D eigenvalue weighted by molar-refractivity contribution is -0.140. The molecule has 4 aliphatic carbocycles. The summed E-state index contributed by atoms with van der Waals surface area (Å²) in [4.78, 5) is 11.3. The molecule has 0 spiro atoms. The number of ether oxygens (including phenoxy) is 1. The Hall–Kier alpha value is -0.530. The van der Waals surface area contributed by atoms with Crippen LogP contribution >= 0.6 is 0 Å². The maximum absolute atomic E-state index is 11.3. The van der Waals surface area contributed by atoms with Crippen molar-refractivity contribution in [3.8, 4) is 0 Å². The normalized spacial score (nSPS) is 39.6. The summed E-state index contributed by atoms with van der Waals surface area (Å²) in [6.45, 7) is 7.26. The molecule has 178 valence electrons. The first-order valence-electron chi connectivity index (χ1n) is 14.0. The van der Waals surface area contributed by atoms with Crippen LogP contribution in [0.3, 0.4) is 0 Å². The number of hydrogen-bond donors (Lipinski definition) is 0. The Kier molecular flexibility index (Phi) is 8.08. The maximum Gasteiger partial charge on any atom is 0.305 e. The zero-order chi connectivity index (χ0) is 22.0. The highest BCUT2D eigenvalue weighted by atomic mass is 16.5. The number of hydrogen-bond acceptors (Lipinski definition) is 2. The zero-order valence-corrected chi connectivity index (χ0v) is 21.0. The Morgan fingerprint density at radius 3 is 1.90 bits per heavy atom. The van der Waals surface area contributed by atoms with Crippen LogP contribution in [-0.2, 0) is 9.53 Å². The van der Waals surface area contributed by atoms with Crippen LogP contribution in [0.1, 0.15) is 111 Å². The molecule has 0 bridgehead atoms. The Labute approximate surface area is 192 Å². The zero-order valence-electron chi connectivity index (χ0n) is 21.0. The van der Waals surface area contributed by atoms with Gasteiger partial charge in [0.25, 0.3) is 0 Å². The average Bonchev–Trinajstić information content (AvgIpc) is 3.58. The SMILES string of the molecule is CCC(C)CCC1CC1CC1CC1CC1CC1CC(C)CCC1CC1CCC(=O)OC. The second kappa shape index (κ2) is 10.6. The molecule has 4 rings (SSSR count). The molecular weight excluding hydrogens is 380 g/mol. The molecule has 0 saturated heterocycles. The fraction of sp³-hybridized carbons (Fsp3) is 0.966. The van der Waals surface area contributed by atoms with Crippen LogP contribution in [0.15, 0.2) is 0 Å². The summed E-state index contributed by atoms with van der Waals surface area (Å²) < 4.78 is 4.77. The van der Waals surface area contributed by atoms with Gasteiger partial charge in [0.2, 0.25) is 0 Å². The van der Waals surface area contributed by atoms with Gasteiger partial charge in [0, 0.05) is 6.42 Å². The number of esters is 1. The second-order valence-corrected chi connectivity index (χ2v) is 12.6. The lowest BCUT2D eigenvalue weighted by Crippen LogP contribution is -2.01. The van der Waals surface area contributed by atoms with Crippen LogP contribution in [-0.4, -0.2) is 13.1 Å². The van der Waals surface area contributed by atoms with Crippen molar-refractivity contribution in [3.05, 3.63) is 0 Å². The van der Waals surface area contributed by atoms with Gasteiger partial charge in [-0.05, 0) is 123 Å². The van der Waals surface area contributed by atoms with E-state index in [2.05, 4.69) is 20.8 Å². The Bertz CT molecular complexity index is 585. The highest BCUT2D eigenvalue weighted by Crippen LogP contribution is 2.58. The quantitative estimate of drug-likeness (QED) is 0.233. The van der Waals surface area contributed by atoms with Gasteiger partial charge in [-0.3, -0.25) is 4.79 Å². The predicted octanol–water partition coefficient (Wildman–Crippen LogP) is 7.90. The number of carbonyl (C=O) groups excluding carboxylic acids is 1. The Morgan fingerprint density at radius 1 is 0.742 bits per heavy atom. The second-order valence-electron chi connectivity index (χ2n) is 12.6. The Balaban J connectivity index is 0.994. The monoisotopic (exact) mass is 430 g/mol. The van der Waals surface area contributed by atoms with Gasteiger partial charge in [-0.1, -0.05) is 40.0 Å². The van der Waals surface area contributed by atoms with Crippen molar-refractivity contribution < 1.29 is 9.53 Å². The lowest BCUT2D eigenvalue weighted by Gasteiger charge is -2.11. The molecule has 0 radical (unpaired) electrons. The van der Waals surface area contributed by atoms with Crippen molar-refractivity contribution in [1.82, 2.24) is 0 Å². The van der Waals surface area contributed by atoms with Gasteiger partial charge in [-0.25, -0.2) is 0 Å². The van der Waals surface area contributed by atoms with Crippen molar-refractivity contribution in [2.24, 2.45) is 59.2 Å². The van der Waals surface area contributed by atoms with E-state index in [9.17, 15) is 4.79 Å². The van der Waals surface area contributed by atoms with Crippen LogP contribution in [0.4, 0.5) is 0 Å². The Morgan fingerprint density at radius 2 is 1.23 bits per heavy atom. The molecule has 0 N–H and O–H groups in total. The standard InChI is InChI=1S/C29H50O2/c1-5-19(2)6-8-23-14-25(23)16-27-18-28(27)17-26-15-24(26)12-20(3)7-9-21-13-22(21)10-11-29(30)31-4/h19-28H,5-18H2,1-4H3. The smallest absolute Gasteiger partial charge is 0.305 e. The molecule has 0 aliphatic heterocycles. The van der Waals surface area contributed by atoms with Crippen molar-refractivity contribution in [2.45, 2.75) is 111 Å². The van der Waals surface area contributed by atoms with E-state index in [0.717, 1.165) is 65.6 Å². The van der Waals surface area contributed by atoms with E-state index < -0.39 is 0 Å². The average molecular weight is 431 g/mol. The van der Waals surface area contributed by atoms with Gasteiger partial charge >= 0.3 is 5.97 Å². The van der Waals surface area contributed by atoms with E-state index in [1.54, 1.807) is 32.1 Å². The minimum absolute atomic E-state index is 0.0322. The molecule has 0 amide bonds. The highest BCUT2D eigenvalue weighted by molar-refractivity contribution is 5.69. The number of rotatable bonds is 16. The van der Waals surface area contributed by atoms with E-state index >= 15 is 0 Å². The molecule has 2 nitrogen and oxygen atoms in total. The van der Waals surface area contributed by atoms with E-state index in [1.807, 2.05) is 0 Å². The first kappa shape index (κ1) is 23.6. The van der Waals surface area contributed by atoms with Gasteiger partial charge in [0.15, 0.2) is 0 Å². The van der Waals surface area contributed by atoms with Crippen LogP contribution in [0.5, 0.6) is 0 Å². The highest BCUT2D eigenvalue weighted by Gasteiger charge is 2.49. The van der Waals surface area contributed by atoms with Crippen molar-refractivity contribution in [3.63, 3.8) is 0 Å². The number of methoxy groups -OCH3 is 1.